The van der Waals surface area contributed by atoms with Crippen molar-refractivity contribution in [2.45, 2.75) is 105 Å². The molecule has 0 heterocycles. The Morgan fingerprint density at radius 2 is 0.714 bits per heavy atom. The molecule has 8 nitrogen and oxygen atoms in total. The van der Waals surface area contributed by atoms with E-state index in [0.717, 1.165) is 33.6 Å². The quantitative estimate of drug-likeness (QED) is 0.328. The van der Waals surface area contributed by atoms with Crippen LogP contribution in [0.15, 0.2) is 0 Å². The Hall–Kier alpha value is -2.12. The Bertz CT molecular complexity index is 340. The highest BCUT2D eigenvalue weighted by Crippen LogP contribution is 2.11. The second kappa shape index (κ2) is 29.6. The third kappa shape index (κ3) is 106. The Labute approximate surface area is 169 Å². The monoisotopic (exact) mass is 408 g/mol. The molecular formula is C20H40O8. The first-order chi connectivity index (χ1) is 13.0. The van der Waals surface area contributed by atoms with Gasteiger partial charge in [0, 0.05) is 27.2 Å². The molecule has 0 saturated heterocycles. The van der Waals surface area contributed by atoms with Crippen LogP contribution >= 0.6 is 0 Å². The van der Waals surface area contributed by atoms with Crippen molar-refractivity contribution in [1.82, 2.24) is 0 Å². The van der Waals surface area contributed by atoms with Crippen LogP contribution in [-0.2, 0) is 19.2 Å². The van der Waals surface area contributed by atoms with Gasteiger partial charge in [0.05, 0.1) is 0 Å². The van der Waals surface area contributed by atoms with Crippen LogP contribution in [-0.4, -0.2) is 44.3 Å². The maximum Gasteiger partial charge on any atom is 0.303 e. The van der Waals surface area contributed by atoms with Gasteiger partial charge in [-0.2, -0.15) is 0 Å². The van der Waals surface area contributed by atoms with E-state index in [2.05, 4.69) is 6.92 Å². The van der Waals surface area contributed by atoms with E-state index in [1.165, 1.54) is 57.8 Å². The summed E-state index contributed by atoms with van der Waals surface area (Å²) in [7, 11) is 0. The number of carboxylic acid groups (broad SMARTS) is 4. The number of hydrogen-bond acceptors (Lipinski definition) is 4. The van der Waals surface area contributed by atoms with Gasteiger partial charge in [-0.1, -0.05) is 71.1 Å². The second-order valence-electron chi connectivity index (χ2n) is 6.24. The Morgan fingerprint density at radius 3 is 0.929 bits per heavy atom. The summed E-state index contributed by atoms with van der Waals surface area (Å²) in [4.78, 5) is 37.3. The summed E-state index contributed by atoms with van der Waals surface area (Å²) in [5, 5.41) is 30.7. The van der Waals surface area contributed by atoms with E-state index in [0.29, 0.717) is 6.42 Å². The molecule has 0 fully saturated rings. The van der Waals surface area contributed by atoms with Gasteiger partial charge in [-0.05, 0) is 6.42 Å². The molecule has 0 aromatic carbocycles. The summed E-state index contributed by atoms with van der Waals surface area (Å²) in [5.41, 5.74) is 0. The van der Waals surface area contributed by atoms with E-state index in [1.807, 2.05) is 0 Å². The van der Waals surface area contributed by atoms with Crippen molar-refractivity contribution >= 4 is 23.9 Å². The summed E-state index contributed by atoms with van der Waals surface area (Å²) < 4.78 is 0. The van der Waals surface area contributed by atoms with Crippen molar-refractivity contribution in [3.63, 3.8) is 0 Å². The number of aliphatic carboxylic acids is 4. The van der Waals surface area contributed by atoms with E-state index < -0.39 is 23.9 Å². The van der Waals surface area contributed by atoms with Crippen LogP contribution in [0.4, 0.5) is 0 Å². The molecule has 0 saturated carbocycles. The summed E-state index contributed by atoms with van der Waals surface area (Å²) in [6.07, 6.45) is 14.4. The molecule has 0 radical (unpaired) electrons. The van der Waals surface area contributed by atoms with Gasteiger partial charge in [-0.15, -0.1) is 0 Å². The highest BCUT2D eigenvalue weighted by molar-refractivity contribution is 5.66. The SMILES string of the molecule is CC(=O)O.CC(=O)O.CC(=O)O.CCCCCCCCCCCCCC(=O)O. The third-order valence-corrected chi connectivity index (χ3v) is 2.99. The summed E-state index contributed by atoms with van der Waals surface area (Å²) in [6, 6.07) is 0. The molecular weight excluding hydrogens is 368 g/mol. The minimum absolute atomic E-state index is 0.344. The van der Waals surface area contributed by atoms with E-state index in [1.54, 1.807) is 0 Å². The molecule has 0 atom stereocenters. The predicted molar refractivity (Wildman–Crippen MR) is 109 cm³/mol. The lowest BCUT2D eigenvalue weighted by atomic mass is 10.1. The molecule has 0 aliphatic carbocycles. The van der Waals surface area contributed by atoms with Crippen LogP contribution in [0.1, 0.15) is 105 Å². The molecule has 8 heteroatoms. The van der Waals surface area contributed by atoms with Crippen LogP contribution in [0, 0.1) is 0 Å². The first kappa shape index (κ1) is 33.5. The average Bonchev–Trinajstić information content (AvgIpc) is 2.50. The Morgan fingerprint density at radius 1 is 0.500 bits per heavy atom. The lowest BCUT2D eigenvalue weighted by Crippen LogP contribution is -1.93. The standard InChI is InChI=1S/C14H28O2.3C2H4O2/c1-2-3-4-5-6-7-8-9-10-11-12-13-14(15)16;3*1-2(3)4/h2-13H2,1H3,(H,15,16);3*1H3,(H,3,4). The van der Waals surface area contributed by atoms with Crippen LogP contribution in [0.3, 0.4) is 0 Å². The minimum atomic E-state index is -0.833. The number of hydrogen-bond donors (Lipinski definition) is 4. The van der Waals surface area contributed by atoms with E-state index in [-0.39, 0.29) is 0 Å². The summed E-state index contributed by atoms with van der Waals surface area (Å²) in [5.74, 6) is -3.16. The highest BCUT2D eigenvalue weighted by Gasteiger charge is 1.96. The van der Waals surface area contributed by atoms with Crippen LogP contribution in [0.5, 0.6) is 0 Å². The molecule has 28 heavy (non-hydrogen) atoms. The van der Waals surface area contributed by atoms with Crippen molar-refractivity contribution in [2.75, 3.05) is 0 Å². The molecule has 0 bridgehead atoms. The van der Waals surface area contributed by atoms with Crippen molar-refractivity contribution in [3.8, 4) is 0 Å². The zero-order valence-corrected chi connectivity index (χ0v) is 17.9. The van der Waals surface area contributed by atoms with Crippen molar-refractivity contribution in [3.05, 3.63) is 0 Å². The molecule has 0 aliphatic heterocycles. The van der Waals surface area contributed by atoms with Gasteiger partial charge in [0.25, 0.3) is 17.9 Å². The molecule has 4 N–H and O–H groups in total. The zero-order valence-electron chi connectivity index (χ0n) is 17.9. The van der Waals surface area contributed by atoms with E-state index >= 15 is 0 Å². The maximum atomic E-state index is 10.3. The van der Waals surface area contributed by atoms with Crippen LogP contribution in [0.2, 0.25) is 0 Å². The van der Waals surface area contributed by atoms with Gasteiger partial charge in [-0.3, -0.25) is 19.2 Å². The lowest BCUT2D eigenvalue weighted by molar-refractivity contribution is -0.137. The maximum absolute atomic E-state index is 10.3. The molecule has 0 aromatic rings. The van der Waals surface area contributed by atoms with Crippen molar-refractivity contribution < 1.29 is 39.6 Å². The van der Waals surface area contributed by atoms with Gasteiger partial charge >= 0.3 is 5.97 Å². The Kier molecular flexibility index (Phi) is 35.4. The summed E-state index contributed by atoms with van der Waals surface area (Å²) in [6.45, 7) is 5.50. The van der Waals surface area contributed by atoms with Crippen molar-refractivity contribution in [1.29, 1.82) is 0 Å². The molecule has 0 spiro atoms. The highest BCUT2D eigenvalue weighted by atomic mass is 16.4. The van der Waals surface area contributed by atoms with Gasteiger partial charge in [0.1, 0.15) is 0 Å². The summed E-state index contributed by atoms with van der Waals surface area (Å²) >= 11 is 0. The van der Waals surface area contributed by atoms with E-state index in [9.17, 15) is 4.79 Å². The van der Waals surface area contributed by atoms with Gasteiger partial charge in [0.2, 0.25) is 0 Å². The zero-order chi connectivity index (χ0) is 22.8. The number of carbonyl (C=O) groups is 4. The minimum Gasteiger partial charge on any atom is -0.481 e. The normalized spacial score (nSPS) is 8.71. The third-order valence-electron chi connectivity index (χ3n) is 2.99. The molecule has 168 valence electrons. The van der Waals surface area contributed by atoms with Gasteiger partial charge in [-0.25, -0.2) is 0 Å². The topological polar surface area (TPSA) is 149 Å². The Balaban J connectivity index is -0.000000195. The second-order valence-corrected chi connectivity index (χ2v) is 6.24. The number of unbranched alkanes of at least 4 members (excludes halogenated alkanes) is 10. The van der Waals surface area contributed by atoms with Crippen molar-refractivity contribution in [2.24, 2.45) is 0 Å². The van der Waals surface area contributed by atoms with Gasteiger partial charge < -0.3 is 20.4 Å². The fraction of sp³-hybridized carbons (Fsp3) is 0.800. The van der Waals surface area contributed by atoms with Crippen LogP contribution < -0.4 is 0 Å². The molecule has 0 amide bonds. The number of carboxylic acids is 4. The fourth-order valence-electron chi connectivity index (χ4n) is 1.94. The predicted octanol–water partition coefficient (Wildman–Crippen LogP) is 5.04. The van der Waals surface area contributed by atoms with Gasteiger partial charge in [0.15, 0.2) is 0 Å². The molecule has 0 aromatic heterocycles. The first-order valence-corrected chi connectivity index (χ1v) is 9.77. The molecule has 0 aliphatic rings. The first-order valence-electron chi connectivity index (χ1n) is 9.77. The fourth-order valence-corrected chi connectivity index (χ4v) is 1.94. The molecule has 0 unspecified atom stereocenters. The largest absolute Gasteiger partial charge is 0.481 e. The smallest absolute Gasteiger partial charge is 0.303 e. The van der Waals surface area contributed by atoms with Crippen LogP contribution in [0.25, 0.3) is 0 Å². The lowest BCUT2D eigenvalue weighted by Gasteiger charge is -2.01. The number of rotatable bonds is 12. The molecule has 0 rings (SSSR count). The van der Waals surface area contributed by atoms with E-state index in [4.69, 9.17) is 34.8 Å². The average molecular weight is 409 g/mol.